The lowest BCUT2D eigenvalue weighted by Crippen LogP contribution is -2.41. The summed E-state index contributed by atoms with van der Waals surface area (Å²) in [6.45, 7) is 0. The normalized spacial score (nSPS) is 21.1. The Hall–Kier alpha value is -2.80. The number of rotatable bonds is 8. The summed E-state index contributed by atoms with van der Waals surface area (Å²) in [5, 5.41) is 0.724. The Balaban J connectivity index is 1.78. The van der Waals surface area contributed by atoms with Crippen molar-refractivity contribution in [1.82, 2.24) is 19.9 Å². The molecule has 2 aromatic carbocycles. The van der Waals surface area contributed by atoms with Gasteiger partial charge in [-0.3, -0.25) is 0 Å². The van der Waals surface area contributed by atoms with Crippen LogP contribution < -0.4 is 0 Å². The highest BCUT2D eigenvalue weighted by Crippen LogP contribution is 2.66. The number of benzene rings is 2. The molecule has 0 saturated heterocycles. The van der Waals surface area contributed by atoms with Gasteiger partial charge in [0.1, 0.15) is 5.03 Å². The molecule has 1 fully saturated rings. The lowest BCUT2D eigenvalue weighted by atomic mass is 9.50. The molecule has 208 valence electrons. The van der Waals surface area contributed by atoms with Gasteiger partial charge < -0.3 is 0 Å². The van der Waals surface area contributed by atoms with Crippen LogP contribution in [0.3, 0.4) is 0 Å². The van der Waals surface area contributed by atoms with Crippen LogP contribution in [-0.2, 0) is 19.7 Å². The van der Waals surface area contributed by atoms with Gasteiger partial charge in [-0.25, -0.2) is 36.8 Å². The molecule has 0 N–H and O–H groups in total. The maximum atomic E-state index is 12.6. The molecule has 8 nitrogen and oxygen atoms in total. The smallest absolute Gasteiger partial charge is 0.227 e. The Morgan fingerprint density at radius 3 is 1.57 bits per heavy atom. The van der Waals surface area contributed by atoms with Gasteiger partial charge in [-0.05, 0) is 35.8 Å². The number of hydrogen-bond acceptors (Lipinski definition) is 10. The summed E-state index contributed by atoms with van der Waals surface area (Å²) in [6, 6.07) is 23.3. The minimum absolute atomic E-state index is 0.0185. The van der Waals surface area contributed by atoms with Crippen LogP contribution in [0.4, 0.5) is 0 Å². The highest BCUT2D eigenvalue weighted by Gasteiger charge is 2.54. The third-order valence-electron chi connectivity index (χ3n) is 7.11. The van der Waals surface area contributed by atoms with E-state index in [-0.39, 0.29) is 33.9 Å². The first kappa shape index (κ1) is 28.7. The first-order valence-corrected chi connectivity index (χ1v) is 18.6. The van der Waals surface area contributed by atoms with Crippen molar-refractivity contribution in [3.63, 3.8) is 0 Å². The van der Waals surface area contributed by atoms with Gasteiger partial charge in [0, 0.05) is 36.2 Å². The minimum atomic E-state index is -3.66. The Labute approximate surface area is 243 Å². The summed E-state index contributed by atoms with van der Waals surface area (Å²) in [4.78, 5) is 18.0. The fourth-order valence-electron chi connectivity index (χ4n) is 5.40. The summed E-state index contributed by atoms with van der Waals surface area (Å²) in [5.74, 6) is -0.780. The second kappa shape index (κ2) is 11.2. The van der Waals surface area contributed by atoms with Crippen molar-refractivity contribution >= 4 is 43.2 Å². The first-order valence-electron chi connectivity index (χ1n) is 12.4. The molecule has 12 heteroatoms. The number of thioether (sulfide) groups is 2. The van der Waals surface area contributed by atoms with Gasteiger partial charge in [0.2, 0.25) is 15.0 Å². The van der Waals surface area contributed by atoms with Crippen molar-refractivity contribution in [2.75, 3.05) is 25.0 Å². The molecule has 40 heavy (non-hydrogen) atoms. The van der Waals surface area contributed by atoms with Crippen LogP contribution in [0.15, 0.2) is 93.2 Å². The monoisotopic (exact) mass is 612 g/mol. The van der Waals surface area contributed by atoms with Crippen molar-refractivity contribution < 1.29 is 16.8 Å². The number of nitrogens with zero attached hydrogens (tertiary/aromatic N) is 4. The van der Waals surface area contributed by atoms with Crippen LogP contribution in [-0.4, -0.2) is 61.8 Å². The molecule has 5 rings (SSSR count). The highest BCUT2D eigenvalue weighted by atomic mass is 32.2. The van der Waals surface area contributed by atoms with Gasteiger partial charge in [0.25, 0.3) is 0 Å². The minimum Gasteiger partial charge on any atom is -0.227 e. The van der Waals surface area contributed by atoms with Crippen LogP contribution in [0, 0.1) is 0 Å². The molecular weight excluding hydrogens is 585 g/mol. The summed E-state index contributed by atoms with van der Waals surface area (Å²) in [5.41, 5.74) is 3.31. The van der Waals surface area contributed by atoms with E-state index in [9.17, 15) is 16.8 Å². The third kappa shape index (κ3) is 5.67. The van der Waals surface area contributed by atoms with Crippen molar-refractivity contribution in [3.05, 3.63) is 95.3 Å². The van der Waals surface area contributed by atoms with Crippen molar-refractivity contribution in [2.45, 2.75) is 44.0 Å². The molecule has 4 aromatic rings. The van der Waals surface area contributed by atoms with E-state index in [0.29, 0.717) is 21.6 Å². The van der Waals surface area contributed by atoms with E-state index in [2.05, 4.69) is 15.0 Å². The van der Waals surface area contributed by atoms with Crippen LogP contribution in [0.5, 0.6) is 0 Å². The second-order valence-corrected chi connectivity index (χ2v) is 15.2. The van der Waals surface area contributed by atoms with Gasteiger partial charge in [-0.1, -0.05) is 72.4 Å². The SMILES string of the molecule is CSc1cc(C2C(c3ccccc3)C(c3cc(S(C)(=O)=O)nc(SC)n3)C2c2ccccc2)nc(S(C)(=O)=O)n1. The van der Waals surface area contributed by atoms with E-state index in [4.69, 9.17) is 4.98 Å². The lowest BCUT2D eigenvalue weighted by molar-refractivity contribution is 0.217. The molecule has 0 bridgehead atoms. The molecule has 1 saturated carbocycles. The lowest BCUT2D eigenvalue weighted by Gasteiger charge is -2.52. The number of aromatic nitrogens is 4. The molecule has 1 aliphatic rings. The van der Waals surface area contributed by atoms with Crippen LogP contribution in [0.25, 0.3) is 0 Å². The van der Waals surface area contributed by atoms with E-state index < -0.39 is 19.7 Å². The summed E-state index contributed by atoms with van der Waals surface area (Å²) < 4.78 is 50.3. The van der Waals surface area contributed by atoms with E-state index in [1.54, 1.807) is 6.07 Å². The Morgan fingerprint density at radius 2 is 1.12 bits per heavy atom. The molecule has 2 heterocycles. The van der Waals surface area contributed by atoms with Crippen molar-refractivity contribution in [3.8, 4) is 0 Å². The quantitative estimate of drug-likeness (QED) is 0.153. The van der Waals surface area contributed by atoms with Gasteiger partial charge in [0.05, 0.1) is 11.4 Å². The van der Waals surface area contributed by atoms with Gasteiger partial charge in [-0.15, -0.1) is 11.8 Å². The summed E-state index contributed by atoms with van der Waals surface area (Å²) in [7, 11) is -7.25. The molecule has 0 aliphatic heterocycles. The molecular formula is C28H28N4O4S4. The number of sulfone groups is 2. The van der Waals surface area contributed by atoms with E-state index in [1.165, 1.54) is 23.5 Å². The molecule has 2 aromatic heterocycles. The zero-order valence-electron chi connectivity index (χ0n) is 22.3. The predicted molar refractivity (Wildman–Crippen MR) is 158 cm³/mol. The predicted octanol–water partition coefficient (Wildman–Crippen LogP) is 4.97. The molecule has 1 aliphatic carbocycles. The molecule has 0 radical (unpaired) electrons. The highest BCUT2D eigenvalue weighted by molar-refractivity contribution is 7.98. The van der Waals surface area contributed by atoms with E-state index in [0.717, 1.165) is 23.6 Å². The molecule has 0 amide bonds. The second-order valence-electron chi connectivity index (χ2n) is 9.70. The van der Waals surface area contributed by atoms with Crippen LogP contribution in [0.1, 0.15) is 46.2 Å². The topological polar surface area (TPSA) is 120 Å². The zero-order chi connectivity index (χ0) is 28.7. The number of hydrogen-bond donors (Lipinski definition) is 0. The van der Waals surface area contributed by atoms with E-state index in [1.807, 2.05) is 79.2 Å². The average Bonchev–Trinajstić information content (AvgIpc) is 2.92. The Morgan fingerprint density at radius 1 is 0.600 bits per heavy atom. The van der Waals surface area contributed by atoms with Gasteiger partial charge in [-0.2, -0.15) is 0 Å². The third-order valence-corrected chi connectivity index (χ3v) is 10.1. The molecule has 2 atom stereocenters. The molecule has 0 spiro atoms. The maximum Gasteiger partial charge on any atom is 0.248 e. The largest absolute Gasteiger partial charge is 0.248 e. The fourth-order valence-corrected chi connectivity index (χ4v) is 7.44. The summed E-state index contributed by atoms with van der Waals surface area (Å²) in [6.07, 6.45) is 5.92. The van der Waals surface area contributed by atoms with Crippen LogP contribution >= 0.6 is 23.5 Å². The Bertz CT molecular complexity index is 1610. The van der Waals surface area contributed by atoms with Gasteiger partial charge in [0.15, 0.2) is 20.0 Å². The Kier molecular flexibility index (Phi) is 8.06. The average molecular weight is 613 g/mol. The first-order chi connectivity index (χ1) is 19.0. The van der Waals surface area contributed by atoms with E-state index >= 15 is 0 Å². The summed E-state index contributed by atoms with van der Waals surface area (Å²) >= 11 is 2.65. The molecule has 2 unspecified atom stereocenters. The fraction of sp³-hybridized carbons (Fsp3) is 0.286. The van der Waals surface area contributed by atoms with Crippen molar-refractivity contribution in [2.24, 2.45) is 0 Å². The maximum absolute atomic E-state index is 12.6. The zero-order valence-corrected chi connectivity index (χ0v) is 25.6. The standard InChI is InChI=1S/C28H28N4O4S4/c1-37-21-15-19(30-28(31-21)40(4,35)36)25-23(17-11-7-5-8-12-17)26(24(25)18-13-9-6-10-14-18)20-16-22(39(3,33)34)32-27(29-20)38-2/h5-16,23-26H,1-4H3. The van der Waals surface area contributed by atoms with Crippen molar-refractivity contribution in [1.29, 1.82) is 0 Å². The van der Waals surface area contributed by atoms with Crippen LogP contribution in [0.2, 0.25) is 0 Å². The van der Waals surface area contributed by atoms with Gasteiger partial charge >= 0.3 is 0 Å².